The number of benzene rings is 1. The highest BCUT2D eigenvalue weighted by atomic mass is 16.5. The molecule has 0 unspecified atom stereocenters. The molecule has 0 bridgehead atoms. The van der Waals surface area contributed by atoms with E-state index >= 15 is 0 Å². The van der Waals surface area contributed by atoms with Gasteiger partial charge in [-0.3, -0.25) is 9.78 Å². The van der Waals surface area contributed by atoms with E-state index in [1.165, 1.54) is 0 Å². The van der Waals surface area contributed by atoms with Crippen LogP contribution in [-0.4, -0.2) is 23.0 Å². The largest absolute Gasteiger partial charge is 0.497 e. The van der Waals surface area contributed by atoms with Crippen LogP contribution in [0.3, 0.4) is 0 Å². The van der Waals surface area contributed by atoms with Crippen molar-refractivity contribution < 1.29 is 9.53 Å². The number of H-pyrrole nitrogens is 1. The Morgan fingerprint density at radius 3 is 2.71 bits per heavy atom. The zero-order chi connectivity index (χ0) is 16.7. The quantitative estimate of drug-likeness (QED) is 0.775. The van der Waals surface area contributed by atoms with Crippen molar-refractivity contribution >= 4 is 27.7 Å². The summed E-state index contributed by atoms with van der Waals surface area (Å²) in [6.45, 7) is 0. The zero-order valence-electron chi connectivity index (χ0n) is 13.8. The number of methoxy groups -OCH3 is 1. The monoisotopic (exact) mass is 323 g/mol. The molecule has 1 amide bonds. The summed E-state index contributed by atoms with van der Waals surface area (Å²) in [6, 6.07) is 7.94. The molecule has 5 nitrogen and oxygen atoms in total. The average molecular weight is 323 g/mol. The van der Waals surface area contributed by atoms with Crippen molar-refractivity contribution in [1.29, 1.82) is 0 Å². The predicted molar refractivity (Wildman–Crippen MR) is 94.1 cm³/mol. The van der Waals surface area contributed by atoms with E-state index < -0.39 is 5.41 Å². The SMILES string of the molecule is COc1ccc2c(c1)[nH]c1c(C3(C(N)=O)CCCCC3)nccc12. The number of nitrogens with one attached hydrogen (secondary N) is 1. The molecule has 1 aliphatic rings. The number of carbonyl (C=O) groups excluding carboxylic acids is 1. The van der Waals surface area contributed by atoms with Crippen LogP contribution in [0.4, 0.5) is 0 Å². The number of hydrogen-bond acceptors (Lipinski definition) is 3. The van der Waals surface area contributed by atoms with Crippen LogP contribution in [0, 0.1) is 0 Å². The van der Waals surface area contributed by atoms with E-state index in [2.05, 4.69) is 9.97 Å². The maximum atomic E-state index is 12.4. The van der Waals surface area contributed by atoms with Crippen molar-refractivity contribution in [2.75, 3.05) is 7.11 Å². The number of aromatic nitrogens is 2. The van der Waals surface area contributed by atoms with Gasteiger partial charge in [0.1, 0.15) is 5.75 Å². The molecule has 1 aromatic carbocycles. The Kier molecular flexibility index (Phi) is 3.44. The first-order valence-electron chi connectivity index (χ1n) is 8.40. The smallest absolute Gasteiger partial charge is 0.229 e. The van der Waals surface area contributed by atoms with Crippen molar-refractivity contribution in [2.45, 2.75) is 37.5 Å². The van der Waals surface area contributed by atoms with Gasteiger partial charge in [-0.2, -0.15) is 0 Å². The Bertz CT molecular complexity index is 923. The minimum atomic E-state index is -0.664. The molecule has 0 aliphatic heterocycles. The van der Waals surface area contributed by atoms with Crippen LogP contribution in [0.5, 0.6) is 5.75 Å². The minimum absolute atomic E-state index is 0.265. The Hall–Kier alpha value is -2.56. The molecule has 1 fully saturated rings. The molecule has 3 aromatic rings. The van der Waals surface area contributed by atoms with Gasteiger partial charge in [0, 0.05) is 23.0 Å². The second-order valence-corrected chi connectivity index (χ2v) is 6.63. The van der Waals surface area contributed by atoms with E-state index in [0.717, 1.165) is 65.4 Å². The molecular weight excluding hydrogens is 302 g/mol. The number of nitrogens with two attached hydrogens (primary N) is 1. The number of amides is 1. The Balaban J connectivity index is 2.00. The first kappa shape index (κ1) is 15.0. The lowest BCUT2D eigenvalue weighted by atomic mass is 9.70. The van der Waals surface area contributed by atoms with Gasteiger partial charge in [-0.05, 0) is 31.0 Å². The summed E-state index contributed by atoms with van der Waals surface area (Å²) in [5, 5.41) is 2.17. The number of nitrogens with zero attached hydrogens (tertiary/aromatic N) is 1. The Labute approximate surface area is 140 Å². The highest BCUT2D eigenvalue weighted by molar-refractivity contribution is 6.09. The number of ether oxygens (including phenoxy) is 1. The lowest BCUT2D eigenvalue weighted by molar-refractivity contribution is -0.124. The van der Waals surface area contributed by atoms with Crippen LogP contribution in [0.15, 0.2) is 30.5 Å². The van der Waals surface area contributed by atoms with Crippen LogP contribution in [0.2, 0.25) is 0 Å². The highest BCUT2D eigenvalue weighted by Crippen LogP contribution is 2.42. The summed E-state index contributed by atoms with van der Waals surface area (Å²) in [5.41, 5.74) is 7.88. The van der Waals surface area contributed by atoms with Crippen molar-refractivity contribution in [3.05, 3.63) is 36.2 Å². The molecule has 5 heteroatoms. The first-order chi connectivity index (χ1) is 11.7. The van der Waals surface area contributed by atoms with Crippen LogP contribution in [0.1, 0.15) is 37.8 Å². The van der Waals surface area contributed by atoms with Crippen molar-refractivity contribution in [3.8, 4) is 5.75 Å². The van der Waals surface area contributed by atoms with E-state index in [4.69, 9.17) is 10.5 Å². The summed E-state index contributed by atoms with van der Waals surface area (Å²) in [5.74, 6) is 0.532. The fourth-order valence-electron chi connectivity index (χ4n) is 4.05. The van der Waals surface area contributed by atoms with Crippen molar-refractivity contribution in [1.82, 2.24) is 9.97 Å². The molecule has 124 valence electrons. The molecule has 1 saturated carbocycles. The molecule has 24 heavy (non-hydrogen) atoms. The van der Waals surface area contributed by atoms with Crippen molar-refractivity contribution in [2.24, 2.45) is 5.73 Å². The molecule has 0 atom stereocenters. The highest BCUT2D eigenvalue weighted by Gasteiger charge is 2.42. The second kappa shape index (κ2) is 5.51. The fraction of sp³-hybridized carbons (Fsp3) is 0.368. The topological polar surface area (TPSA) is 81.0 Å². The molecule has 3 N–H and O–H groups in total. The fourth-order valence-corrected chi connectivity index (χ4v) is 4.05. The van der Waals surface area contributed by atoms with Gasteiger partial charge in [-0.1, -0.05) is 19.3 Å². The molecule has 0 saturated heterocycles. The number of carbonyl (C=O) groups is 1. The van der Waals surface area contributed by atoms with Crippen LogP contribution in [-0.2, 0) is 10.2 Å². The van der Waals surface area contributed by atoms with E-state index in [0.29, 0.717) is 0 Å². The van der Waals surface area contributed by atoms with E-state index in [1.54, 1.807) is 13.3 Å². The first-order valence-corrected chi connectivity index (χ1v) is 8.40. The van der Waals surface area contributed by atoms with Gasteiger partial charge in [0.25, 0.3) is 0 Å². The lowest BCUT2D eigenvalue weighted by Crippen LogP contribution is -2.43. The molecular formula is C19H21N3O2. The lowest BCUT2D eigenvalue weighted by Gasteiger charge is -2.33. The summed E-state index contributed by atoms with van der Waals surface area (Å²) in [4.78, 5) is 20.4. The van der Waals surface area contributed by atoms with E-state index in [9.17, 15) is 4.79 Å². The third-order valence-corrected chi connectivity index (χ3v) is 5.36. The third kappa shape index (κ3) is 2.08. The van der Waals surface area contributed by atoms with Gasteiger partial charge in [0.15, 0.2) is 0 Å². The van der Waals surface area contributed by atoms with E-state index in [-0.39, 0.29) is 5.91 Å². The summed E-state index contributed by atoms with van der Waals surface area (Å²) in [6.07, 6.45) is 6.49. The summed E-state index contributed by atoms with van der Waals surface area (Å²) in [7, 11) is 1.65. The van der Waals surface area contributed by atoms with E-state index in [1.807, 2.05) is 24.3 Å². The minimum Gasteiger partial charge on any atom is -0.497 e. The zero-order valence-corrected chi connectivity index (χ0v) is 13.8. The molecule has 2 heterocycles. The van der Waals surface area contributed by atoms with Crippen LogP contribution in [0.25, 0.3) is 21.8 Å². The molecule has 0 spiro atoms. The number of rotatable bonds is 3. The van der Waals surface area contributed by atoms with Crippen molar-refractivity contribution in [3.63, 3.8) is 0 Å². The Morgan fingerprint density at radius 1 is 1.21 bits per heavy atom. The number of aromatic amines is 1. The summed E-state index contributed by atoms with van der Waals surface area (Å²) < 4.78 is 5.31. The van der Waals surface area contributed by atoms with Gasteiger partial charge >= 0.3 is 0 Å². The maximum absolute atomic E-state index is 12.4. The van der Waals surface area contributed by atoms with Gasteiger partial charge in [0.05, 0.1) is 29.3 Å². The Morgan fingerprint density at radius 2 is 2.00 bits per heavy atom. The molecule has 0 radical (unpaired) electrons. The van der Waals surface area contributed by atoms with Crippen LogP contribution < -0.4 is 10.5 Å². The molecule has 1 aliphatic carbocycles. The number of pyridine rings is 1. The maximum Gasteiger partial charge on any atom is 0.229 e. The summed E-state index contributed by atoms with van der Waals surface area (Å²) >= 11 is 0. The molecule has 4 rings (SSSR count). The van der Waals surface area contributed by atoms with Gasteiger partial charge in [0.2, 0.25) is 5.91 Å². The standard InChI is InChI=1S/C19H21N3O2/c1-24-12-5-6-13-14-7-10-21-17(16(14)22-15(13)11-12)19(18(20)23)8-3-2-4-9-19/h5-7,10-11,22H,2-4,8-9H2,1H3,(H2,20,23). The number of primary amides is 1. The number of fused-ring (bicyclic) bond motifs is 3. The molecule has 2 aromatic heterocycles. The van der Waals surface area contributed by atoms with Gasteiger partial charge in [-0.25, -0.2) is 0 Å². The van der Waals surface area contributed by atoms with Crippen LogP contribution >= 0.6 is 0 Å². The normalized spacial score (nSPS) is 17.2. The second-order valence-electron chi connectivity index (χ2n) is 6.63. The third-order valence-electron chi connectivity index (χ3n) is 5.36. The van der Waals surface area contributed by atoms with Gasteiger partial charge < -0.3 is 15.5 Å². The van der Waals surface area contributed by atoms with Gasteiger partial charge in [-0.15, -0.1) is 0 Å². The number of hydrogen-bond donors (Lipinski definition) is 2. The average Bonchev–Trinajstić information content (AvgIpc) is 2.99. The predicted octanol–water partition coefficient (Wildman–Crippen LogP) is 3.41.